The molecule has 0 unspecified atom stereocenters. The van der Waals surface area contributed by atoms with Gasteiger partial charge in [-0.25, -0.2) is 9.59 Å². The number of carboxylic acids is 1. The molecule has 0 spiro atoms. The zero-order valence-corrected chi connectivity index (χ0v) is 10.2. The third-order valence-corrected chi connectivity index (χ3v) is 2.45. The minimum atomic E-state index is -1.37. The number of urea groups is 1. The Morgan fingerprint density at radius 1 is 1.53 bits per heavy atom. The lowest BCUT2D eigenvalue weighted by Gasteiger charge is -2.20. The number of aliphatic carboxylic acids is 1. The van der Waals surface area contributed by atoms with E-state index in [1.807, 2.05) is 6.07 Å². The van der Waals surface area contributed by atoms with Crippen LogP contribution < -0.4 is 10.2 Å². The van der Waals surface area contributed by atoms with E-state index < -0.39 is 24.6 Å². The van der Waals surface area contributed by atoms with Crippen molar-refractivity contribution in [2.75, 3.05) is 18.6 Å². The number of carbonyl (C=O) groups excluding carboxylic acids is 1. The molecule has 0 fully saturated rings. The minimum absolute atomic E-state index is 0.383. The fraction of sp³-hybridized carbons (Fsp3) is 0.250. The van der Waals surface area contributed by atoms with Crippen molar-refractivity contribution in [3.8, 4) is 6.07 Å². The molecule has 0 saturated carbocycles. The molecular weight excluding hydrogens is 250 g/mol. The third-order valence-electron chi connectivity index (χ3n) is 2.45. The smallest absolute Gasteiger partial charge is 0.328 e. The van der Waals surface area contributed by atoms with E-state index in [2.05, 4.69) is 5.32 Å². The average molecular weight is 263 g/mol. The molecule has 7 heteroatoms. The van der Waals surface area contributed by atoms with Crippen LogP contribution in [0.15, 0.2) is 24.3 Å². The topological polar surface area (TPSA) is 114 Å². The zero-order valence-electron chi connectivity index (χ0n) is 10.2. The first-order valence-corrected chi connectivity index (χ1v) is 5.37. The maximum absolute atomic E-state index is 11.8. The first-order valence-electron chi connectivity index (χ1n) is 5.37. The van der Waals surface area contributed by atoms with Gasteiger partial charge in [0, 0.05) is 12.7 Å². The van der Waals surface area contributed by atoms with Crippen LogP contribution in [-0.4, -0.2) is 41.9 Å². The number of hydrogen-bond acceptors (Lipinski definition) is 4. The highest BCUT2D eigenvalue weighted by Gasteiger charge is 2.21. The van der Waals surface area contributed by atoms with Gasteiger partial charge in [-0.3, -0.25) is 4.90 Å². The highest BCUT2D eigenvalue weighted by molar-refractivity contribution is 5.94. The first kappa shape index (κ1) is 14.5. The van der Waals surface area contributed by atoms with Gasteiger partial charge in [-0.05, 0) is 18.2 Å². The van der Waals surface area contributed by atoms with Crippen LogP contribution in [0.2, 0.25) is 0 Å². The molecule has 19 heavy (non-hydrogen) atoms. The van der Waals surface area contributed by atoms with Crippen molar-refractivity contribution in [2.24, 2.45) is 0 Å². The maximum Gasteiger partial charge on any atom is 0.328 e. The van der Waals surface area contributed by atoms with Gasteiger partial charge in [-0.2, -0.15) is 5.26 Å². The lowest BCUT2D eigenvalue weighted by Crippen LogP contribution is -2.48. The number of carbonyl (C=O) groups is 2. The number of anilines is 1. The number of benzene rings is 1. The van der Waals surface area contributed by atoms with Crippen molar-refractivity contribution in [1.82, 2.24) is 5.32 Å². The van der Waals surface area contributed by atoms with Gasteiger partial charge in [0.2, 0.25) is 0 Å². The monoisotopic (exact) mass is 263 g/mol. The van der Waals surface area contributed by atoms with Gasteiger partial charge in [0.15, 0.2) is 6.04 Å². The van der Waals surface area contributed by atoms with Crippen LogP contribution in [0, 0.1) is 11.3 Å². The van der Waals surface area contributed by atoms with Gasteiger partial charge < -0.3 is 15.5 Å². The fourth-order valence-corrected chi connectivity index (χ4v) is 1.33. The van der Waals surface area contributed by atoms with Gasteiger partial charge in [0.25, 0.3) is 0 Å². The van der Waals surface area contributed by atoms with Crippen molar-refractivity contribution >= 4 is 17.7 Å². The van der Waals surface area contributed by atoms with Gasteiger partial charge in [-0.15, -0.1) is 0 Å². The third kappa shape index (κ3) is 3.69. The van der Waals surface area contributed by atoms with E-state index in [4.69, 9.17) is 15.5 Å². The highest BCUT2D eigenvalue weighted by atomic mass is 16.4. The standard InChI is InChI=1S/C12H13N3O4/c1-15(9-4-2-3-8(5-9)6-13)12(19)14-10(7-16)11(17)18/h2-5,10,16H,7H2,1H3,(H,14,19)(H,17,18)/t10-/m0/s1. The van der Waals surface area contributed by atoms with Crippen LogP contribution in [0.1, 0.15) is 5.56 Å². The molecule has 7 nitrogen and oxygen atoms in total. The number of nitrogens with one attached hydrogen (secondary N) is 1. The largest absolute Gasteiger partial charge is 0.480 e. The molecule has 3 N–H and O–H groups in total. The average Bonchev–Trinajstić information content (AvgIpc) is 2.43. The Hall–Kier alpha value is -2.59. The van der Waals surface area contributed by atoms with E-state index >= 15 is 0 Å². The quantitative estimate of drug-likeness (QED) is 0.715. The van der Waals surface area contributed by atoms with Crippen molar-refractivity contribution < 1.29 is 19.8 Å². The van der Waals surface area contributed by atoms with E-state index in [0.29, 0.717) is 11.3 Å². The van der Waals surface area contributed by atoms with Crippen molar-refractivity contribution in [3.63, 3.8) is 0 Å². The normalized spacial score (nSPS) is 11.2. The summed E-state index contributed by atoms with van der Waals surface area (Å²) < 4.78 is 0. The van der Waals surface area contributed by atoms with E-state index in [1.54, 1.807) is 18.2 Å². The van der Waals surface area contributed by atoms with E-state index in [1.165, 1.54) is 13.1 Å². The first-order chi connectivity index (χ1) is 8.99. The lowest BCUT2D eigenvalue weighted by molar-refractivity contribution is -0.140. The van der Waals surface area contributed by atoms with E-state index in [0.717, 1.165) is 4.90 Å². The summed E-state index contributed by atoms with van der Waals surface area (Å²) in [6.45, 7) is -0.701. The van der Waals surface area contributed by atoms with Gasteiger partial charge in [0.05, 0.1) is 18.2 Å². The molecule has 1 aromatic carbocycles. The number of aliphatic hydroxyl groups excluding tert-OH is 1. The lowest BCUT2D eigenvalue weighted by atomic mass is 10.2. The number of nitriles is 1. The Kier molecular flexibility index (Phi) is 4.85. The predicted octanol–water partition coefficient (Wildman–Crippen LogP) is 0.150. The Balaban J connectivity index is 2.82. The van der Waals surface area contributed by atoms with E-state index in [-0.39, 0.29) is 0 Å². The Labute approximate surface area is 109 Å². The fourth-order valence-electron chi connectivity index (χ4n) is 1.33. The summed E-state index contributed by atoms with van der Waals surface area (Å²) in [6, 6.07) is 6.18. The van der Waals surface area contributed by atoms with E-state index in [9.17, 15) is 9.59 Å². The molecule has 0 bridgehead atoms. The number of aliphatic hydroxyl groups is 1. The molecule has 1 atom stereocenters. The molecule has 1 rings (SSSR count). The second-order valence-electron chi connectivity index (χ2n) is 3.74. The molecular formula is C12H13N3O4. The Morgan fingerprint density at radius 2 is 2.21 bits per heavy atom. The zero-order chi connectivity index (χ0) is 14.4. The summed E-state index contributed by atoms with van der Waals surface area (Å²) in [6.07, 6.45) is 0. The SMILES string of the molecule is CN(C(=O)N[C@@H](CO)C(=O)O)c1cccc(C#N)c1. The van der Waals surface area contributed by atoms with Crippen molar-refractivity contribution in [2.45, 2.75) is 6.04 Å². The van der Waals surface area contributed by atoms with Crippen LogP contribution in [0.25, 0.3) is 0 Å². The summed E-state index contributed by atoms with van der Waals surface area (Å²) >= 11 is 0. The molecule has 0 heterocycles. The molecule has 0 saturated heterocycles. The van der Waals surface area contributed by atoms with Crippen LogP contribution in [0.4, 0.5) is 10.5 Å². The van der Waals surface area contributed by atoms with Gasteiger partial charge in [0.1, 0.15) is 0 Å². The molecule has 2 amide bonds. The molecule has 0 aliphatic heterocycles. The summed E-state index contributed by atoms with van der Waals surface area (Å²) in [5, 5.41) is 28.5. The second-order valence-corrected chi connectivity index (χ2v) is 3.74. The molecule has 0 aromatic heterocycles. The second kappa shape index (κ2) is 6.37. The van der Waals surface area contributed by atoms with Gasteiger partial charge >= 0.3 is 12.0 Å². The maximum atomic E-state index is 11.8. The number of nitrogens with zero attached hydrogens (tertiary/aromatic N) is 2. The van der Waals surface area contributed by atoms with Crippen LogP contribution in [-0.2, 0) is 4.79 Å². The number of carboxylic acid groups (broad SMARTS) is 1. The highest BCUT2D eigenvalue weighted by Crippen LogP contribution is 2.14. The molecule has 0 radical (unpaired) electrons. The van der Waals surface area contributed by atoms with Gasteiger partial charge in [-0.1, -0.05) is 6.07 Å². The minimum Gasteiger partial charge on any atom is -0.480 e. The van der Waals surface area contributed by atoms with Crippen molar-refractivity contribution in [3.05, 3.63) is 29.8 Å². The molecule has 100 valence electrons. The Morgan fingerprint density at radius 3 is 2.74 bits per heavy atom. The van der Waals surface area contributed by atoms with Crippen molar-refractivity contribution in [1.29, 1.82) is 5.26 Å². The van der Waals surface area contributed by atoms with Crippen LogP contribution >= 0.6 is 0 Å². The van der Waals surface area contributed by atoms with Crippen LogP contribution in [0.5, 0.6) is 0 Å². The number of hydrogen-bond donors (Lipinski definition) is 3. The number of amides is 2. The summed E-state index contributed by atoms with van der Waals surface area (Å²) in [5.41, 5.74) is 0.827. The molecule has 0 aliphatic carbocycles. The van der Waals surface area contributed by atoms with Crippen LogP contribution in [0.3, 0.4) is 0 Å². The predicted molar refractivity (Wildman–Crippen MR) is 66.6 cm³/mol. The summed E-state index contributed by atoms with van der Waals surface area (Å²) in [7, 11) is 1.43. The molecule has 1 aromatic rings. The Bertz CT molecular complexity index is 524. The summed E-state index contributed by atoms with van der Waals surface area (Å²) in [5.74, 6) is -1.32. The summed E-state index contributed by atoms with van der Waals surface area (Å²) in [4.78, 5) is 23.6. The number of rotatable bonds is 4. The molecule has 0 aliphatic rings.